The number of carbonyl (C=O) groups is 2. The molecule has 0 saturated carbocycles. The summed E-state index contributed by atoms with van der Waals surface area (Å²) in [6, 6.07) is 14.3. The summed E-state index contributed by atoms with van der Waals surface area (Å²) >= 11 is 0. The van der Waals surface area contributed by atoms with Gasteiger partial charge in [0.1, 0.15) is 11.4 Å². The van der Waals surface area contributed by atoms with E-state index in [1.165, 1.54) is 36.3 Å². The number of sulfonamides is 1. The van der Waals surface area contributed by atoms with Gasteiger partial charge >= 0.3 is 6.09 Å². The van der Waals surface area contributed by atoms with E-state index in [-0.39, 0.29) is 30.4 Å². The molecule has 0 spiro atoms. The standard InChI is InChI=1S/C27H37N3O7S/c1-27(2,3)37-26(33)28-23(17-20-9-6-5-7-10-20)24(31)18-30(19-29-16-8-11-25(29)32)38(34,35)22-14-12-21(36-4)13-15-22/h5-7,9-10,12-15,23-24,31H,8,11,16-19H2,1-4H3,(H,28,33)/t23-,24+/m0/s1. The molecule has 3 rings (SSSR count). The third kappa shape index (κ3) is 8.17. The molecule has 1 heterocycles. The highest BCUT2D eigenvalue weighted by Crippen LogP contribution is 2.22. The van der Waals surface area contributed by atoms with Crippen molar-refractivity contribution in [3.8, 4) is 5.75 Å². The summed E-state index contributed by atoms with van der Waals surface area (Å²) < 4.78 is 39.0. The number of hydrogen-bond donors (Lipinski definition) is 2. The van der Waals surface area contributed by atoms with Gasteiger partial charge in [-0.05, 0) is 63.4 Å². The first-order valence-corrected chi connectivity index (χ1v) is 14.0. The fourth-order valence-electron chi connectivity index (χ4n) is 4.12. The Hall–Kier alpha value is -3.15. The molecule has 2 atom stereocenters. The second-order valence-electron chi connectivity index (χ2n) is 10.2. The van der Waals surface area contributed by atoms with Crippen LogP contribution in [0.1, 0.15) is 39.2 Å². The van der Waals surface area contributed by atoms with Gasteiger partial charge in [0.25, 0.3) is 0 Å². The Labute approximate surface area is 224 Å². The van der Waals surface area contributed by atoms with Crippen LogP contribution in [0, 0.1) is 0 Å². The molecule has 1 aliphatic rings. The molecule has 2 aromatic carbocycles. The first kappa shape index (κ1) is 29.4. The largest absolute Gasteiger partial charge is 0.497 e. The first-order chi connectivity index (χ1) is 17.9. The molecule has 2 aromatic rings. The molecule has 208 valence electrons. The van der Waals surface area contributed by atoms with Crippen molar-refractivity contribution in [1.82, 2.24) is 14.5 Å². The number of benzene rings is 2. The van der Waals surface area contributed by atoms with Crippen LogP contribution in [0.3, 0.4) is 0 Å². The van der Waals surface area contributed by atoms with Gasteiger partial charge < -0.3 is 24.8 Å². The molecule has 1 fully saturated rings. The van der Waals surface area contributed by atoms with Gasteiger partial charge in [0.2, 0.25) is 15.9 Å². The van der Waals surface area contributed by atoms with E-state index in [0.717, 1.165) is 9.87 Å². The van der Waals surface area contributed by atoms with E-state index in [1.54, 1.807) is 20.8 Å². The van der Waals surface area contributed by atoms with Gasteiger partial charge in [-0.3, -0.25) is 4.79 Å². The summed E-state index contributed by atoms with van der Waals surface area (Å²) in [7, 11) is -2.63. The number of nitrogens with one attached hydrogen (secondary N) is 1. The number of carbonyl (C=O) groups excluding carboxylic acids is 2. The molecule has 0 aliphatic carbocycles. The van der Waals surface area contributed by atoms with Gasteiger partial charge in [-0.1, -0.05) is 30.3 Å². The molecule has 38 heavy (non-hydrogen) atoms. The van der Waals surface area contributed by atoms with Crippen molar-refractivity contribution in [2.24, 2.45) is 0 Å². The lowest BCUT2D eigenvalue weighted by atomic mass is 10.0. The van der Waals surface area contributed by atoms with Crippen molar-refractivity contribution in [2.45, 2.75) is 62.7 Å². The topological polar surface area (TPSA) is 125 Å². The SMILES string of the molecule is COc1ccc(S(=O)(=O)N(C[C@@H](O)[C@H](Cc2ccccc2)NC(=O)OC(C)(C)C)CN2CCCC2=O)cc1. The fourth-order valence-corrected chi connectivity index (χ4v) is 5.54. The Morgan fingerprint density at radius 1 is 1.13 bits per heavy atom. The molecule has 1 aliphatic heterocycles. The quantitative estimate of drug-likeness (QED) is 0.443. The Balaban J connectivity index is 1.89. The summed E-state index contributed by atoms with van der Waals surface area (Å²) in [5, 5.41) is 14.0. The average molecular weight is 548 g/mol. The van der Waals surface area contributed by atoms with Gasteiger partial charge in [-0.2, -0.15) is 4.31 Å². The maximum atomic E-state index is 13.7. The van der Waals surface area contributed by atoms with E-state index < -0.39 is 33.9 Å². The van der Waals surface area contributed by atoms with Crippen LogP contribution in [-0.4, -0.2) is 79.3 Å². The summed E-state index contributed by atoms with van der Waals surface area (Å²) in [6.07, 6.45) is -0.824. The van der Waals surface area contributed by atoms with Crippen LogP contribution in [0.4, 0.5) is 4.79 Å². The van der Waals surface area contributed by atoms with Crippen LogP contribution < -0.4 is 10.1 Å². The third-order valence-electron chi connectivity index (χ3n) is 6.05. The second kappa shape index (κ2) is 12.6. The maximum Gasteiger partial charge on any atom is 0.407 e. The first-order valence-electron chi connectivity index (χ1n) is 12.5. The Kier molecular flexibility index (Phi) is 9.75. The highest BCUT2D eigenvalue weighted by Gasteiger charge is 2.34. The number of hydrogen-bond acceptors (Lipinski definition) is 7. The maximum absolute atomic E-state index is 13.7. The summed E-state index contributed by atoms with van der Waals surface area (Å²) in [5.74, 6) is 0.344. The smallest absolute Gasteiger partial charge is 0.407 e. The number of rotatable bonds is 11. The van der Waals surface area contributed by atoms with Gasteiger partial charge in [0, 0.05) is 19.5 Å². The van der Waals surface area contributed by atoms with Crippen molar-refractivity contribution in [3.05, 3.63) is 60.2 Å². The van der Waals surface area contributed by atoms with E-state index in [9.17, 15) is 23.1 Å². The number of aliphatic hydroxyl groups is 1. The van der Waals surface area contributed by atoms with Crippen molar-refractivity contribution in [3.63, 3.8) is 0 Å². The van der Waals surface area contributed by atoms with Gasteiger partial charge in [-0.25, -0.2) is 13.2 Å². The molecular weight excluding hydrogens is 510 g/mol. The molecule has 0 radical (unpaired) electrons. The van der Waals surface area contributed by atoms with Crippen LogP contribution >= 0.6 is 0 Å². The van der Waals surface area contributed by atoms with Gasteiger partial charge in [-0.15, -0.1) is 0 Å². The highest BCUT2D eigenvalue weighted by molar-refractivity contribution is 7.89. The molecule has 2 amide bonds. The van der Waals surface area contributed by atoms with E-state index in [0.29, 0.717) is 25.1 Å². The molecule has 0 unspecified atom stereocenters. The van der Waals surface area contributed by atoms with Crippen LogP contribution in [0.25, 0.3) is 0 Å². The lowest BCUT2D eigenvalue weighted by Crippen LogP contribution is -2.53. The Morgan fingerprint density at radius 2 is 1.79 bits per heavy atom. The van der Waals surface area contributed by atoms with Crippen LogP contribution in [-0.2, 0) is 26.0 Å². The fraction of sp³-hybridized carbons (Fsp3) is 0.481. The zero-order valence-corrected chi connectivity index (χ0v) is 23.1. The molecule has 0 bridgehead atoms. The van der Waals surface area contributed by atoms with Crippen molar-refractivity contribution >= 4 is 22.0 Å². The molecule has 10 nitrogen and oxygen atoms in total. The zero-order valence-electron chi connectivity index (χ0n) is 22.3. The lowest BCUT2D eigenvalue weighted by Gasteiger charge is -2.32. The van der Waals surface area contributed by atoms with Crippen molar-refractivity contribution in [2.75, 3.05) is 26.9 Å². The predicted octanol–water partition coefficient (Wildman–Crippen LogP) is 2.76. The van der Waals surface area contributed by atoms with Crippen molar-refractivity contribution < 1.29 is 32.6 Å². The summed E-state index contributed by atoms with van der Waals surface area (Å²) in [4.78, 5) is 26.4. The van der Waals surface area contributed by atoms with Gasteiger partial charge in [0.15, 0.2) is 0 Å². The Morgan fingerprint density at radius 3 is 2.34 bits per heavy atom. The highest BCUT2D eigenvalue weighted by atomic mass is 32.2. The zero-order chi connectivity index (χ0) is 27.9. The summed E-state index contributed by atoms with van der Waals surface area (Å²) in [5.41, 5.74) is 0.0820. The predicted molar refractivity (Wildman–Crippen MR) is 142 cm³/mol. The monoisotopic (exact) mass is 547 g/mol. The molecule has 0 aromatic heterocycles. The number of alkyl carbamates (subject to hydrolysis) is 1. The number of methoxy groups -OCH3 is 1. The van der Waals surface area contributed by atoms with Crippen LogP contribution in [0.5, 0.6) is 5.75 Å². The number of aliphatic hydroxyl groups excluding tert-OH is 1. The Bertz CT molecular complexity index is 1180. The van der Waals surface area contributed by atoms with E-state index in [1.807, 2.05) is 30.3 Å². The minimum Gasteiger partial charge on any atom is -0.497 e. The number of amides is 2. The number of likely N-dealkylation sites (tertiary alicyclic amines) is 1. The second-order valence-corrected chi connectivity index (χ2v) is 12.2. The van der Waals surface area contributed by atoms with Gasteiger partial charge in [0.05, 0.1) is 30.8 Å². The molecule has 2 N–H and O–H groups in total. The lowest BCUT2D eigenvalue weighted by molar-refractivity contribution is -0.128. The van der Waals surface area contributed by atoms with Crippen molar-refractivity contribution in [1.29, 1.82) is 0 Å². The minimum absolute atomic E-state index is 0.00291. The van der Waals surface area contributed by atoms with E-state index >= 15 is 0 Å². The van der Waals surface area contributed by atoms with E-state index in [2.05, 4.69) is 5.32 Å². The van der Waals surface area contributed by atoms with E-state index in [4.69, 9.17) is 9.47 Å². The number of ether oxygens (including phenoxy) is 2. The summed E-state index contributed by atoms with van der Waals surface area (Å²) in [6.45, 7) is 5.04. The minimum atomic E-state index is -4.12. The van der Waals surface area contributed by atoms with Crippen LogP contribution in [0.2, 0.25) is 0 Å². The molecule has 1 saturated heterocycles. The average Bonchev–Trinajstić information content (AvgIpc) is 3.26. The third-order valence-corrected chi connectivity index (χ3v) is 7.87. The normalized spacial score (nSPS) is 15.8. The molecule has 11 heteroatoms. The molecular formula is C27H37N3O7S. The van der Waals surface area contributed by atoms with Crippen LogP contribution in [0.15, 0.2) is 59.5 Å². The number of nitrogens with zero attached hydrogens (tertiary/aromatic N) is 2.